The van der Waals surface area contributed by atoms with Crippen LogP contribution >= 0.6 is 11.8 Å². The number of carbonyl (C=O) groups is 2. The van der Waals surface area contributed by atoms with Crippen molar-refractivity contribution < 1.29 is 14.0 Å². The summed E-state index contributed by atoms with van der Waals surface area (Å²) in [7, 11) is 0. The van der Waals surface area contributed by atoms with E-state index in [0.717, 1.165) is 5.56 Å². The molecule has 1 aliphatic heterocycles. The number of imide groups is 1. The number of amides is 2. The first-order valence-electron chi connectivity index (χ1n) is 9.33. The summed E-state index contributed by atoms with van der Waals surface area (Å²) in [6.07, 6.45) is 3.29. The minimum atomic E-state index is -0.359. The Morgan fingerprint density at radius 3 is 2.13 bits per heavy atom. The number of nitrogens with zero attached hydrogens (tertiary/aromatic N) is 5. The summed E-state index contributed by atoms with van der Waals surface area (Å²) in [5.41, 5.74) is 2.22. The molecule has 152 valence electrons. The molecule has 2 amide bonds. The monoisotopic (exact) mass is 431 g/mol. The smallest absolute Gasteiger partial charge is 0.262 e. The zero-order valence-corrected chi connectivity index (χ0v) is 16.8. The van der Waals surface area contributed by atoms with Crippen LogP contribution in [0.25, 0.3) is 17.1 Å². The molecule has 0 N–H and O–H groups in total. The molecule has 0 atom stereocenters. The predicted molar refractivity (Wildman–Crippen MR) is 112 cm³/mol. The van der Waals surface area contributed by atoms with Gasteiger partial charge >= 0.3 is 0 Å². The maximum Gasteiger partial charge on any atom is 0.262 e. The van der Waals surface area contributed by atoms with Crippen LogP contribution in [0.2, 0.25) is 0 Å². The van der Waals surface area contributed by atoms with Crippen LogP contribution in [0, 0.1) is 5.82 Å². The predicted octanol–water partition coefficient (Wildman–Crippen LogP) is 3.81. The Morgan fingerprint density at radius 1 is 0.839 bits per heavy atom. The Hall–Kier alpha value is -3.85. The molecular formula is C22H14FN5O2S. The highest BCUT2D eigenvalue weighted by Gasteiger charge is 2.35. The van der Waals surface area contributed by atoms with Gasteiger partial charge in [-0.3, -0.25) is 24.0 Å². The quantitative estimate of drug-likeness (QED) is 0.353. The van der Waals surface area contributed by atoms with Crippen molar-refractivity contribution in [1.29, 1.82) is 0 Å². The van der Waals surface area contributed by atoms with Gasteiger partial charge in [0.25, 0.3) is 11.8 Å². The lowest BCUT2D eigenvalue weighted by molar-refractivity contribution is 0.0684. The van der Waals surface area contributed by atoms with Gasteiger partial charge in [0.2, 0.25) is 0 Å². The summed E-state index contributed by atoms with van der Waals surface area (Å²) in [5, 5.41) is 9.02. The molecule has 5 rings (SSSR count). The number of halogens is 1. The third-order valence-electron chi connectivity index (χ3n) is 4.86. The average Bonchev–Trinajstić information content (AvgIpc) is 3.33. The third kappa shape index (κ3) is 3.38. The molecule has 1 aliphatic rings. The molecule has 2 aromatic carbocycles. The van der Waals surface area contributed by atoms with E-state index in [1.54, 1.807) is 65.5 Å². The average molecular weight is 431 g/mol. The van der Waals surface area contributed by atoms with E-state index in [0.29, 0.717) is 27.8 Å². The topological polar surface area (TPSA) is 81.0 Å². The first-order chi connectivity index (χ1) is 15.1. The molecule has 31 heavy (non-hydrogen) atoms. The fraction of sp³-hybridized carbons (Fsp3) is 0.0455. The van der Waals surface area contributed by atoms with E-state index < -0.39 is 0 Å². The lowest BCUT2D eigenvalue weighted by Gasteiger charge is -2.14. The number of benzene rings is 2. The van der Waals surface area contributed by atoms with E-state index in [1.807, 2.05) is 0 Å². The van der Waals surface area contributed by atoms with E-state index in [-0.39, 0.29) is 23.5 Å². The highest BCUT2D eigenvalue weighted by molar-refractivity contribution is 7.99. The molecule has 0 aliphatic carbocycles. The van der Waals surface area contributed by atoms with Crippen molar-refractivity contribution in [3.8, 4) is 17.1 Å². The third-order valence-corrected chi connectivity index (χ3v) is 5.77. The first-order valence-corrected chi connectivity index (χ1v) is 10.3. The summed E-state index contributed by atoms with van der Waals surface area (Å²) in [4.78, 5) is 30.5. The van der Waals surface area contributed by atoms with Gasteiger partial charge in [0.15, 0.2) is 11.0 Å². The normalized spacial score (nSPS) is 13.0. The Labute approximate surface area is 180 Å². The van der Waals surface area contributed by atoms with Gasteiger partial charge in [0.05, 0.1) is 17.0 Å². The van der Waals surface area contributed by atoms with Crippen molar-refractivity contribution in [1.82, 2.24) is 24.6 Å². The van der Waals surface area contributed by atoms with Gasteiger partial charge in [0, 0.05) is 23.6 Å². The minimum absolute atomic E-state index is 0.0714. The lowest BCUT2D eigenvalue weighted by Crippen LogP contribution is -2.29. The zero-order chi connectivity index (χ0) is 21.4. The van der Waals surface area contributed by atoms with Crippen molar-refractivity contribution in [2.75, 3.05) is 5.88 Å². The van der Waals surface area contributed by atoms with Gasteiger partial charge in [-0.05, 0) is 48.5 Å². The van der Waals surface area contributed by atoms with Gasteiger partial charge in [-0.2, -0.15) is 0 Å². The zero-order valence-electron chi connectivity index (χ0n) is 16.0. The molecule has 0 radical (unpaired) electrons. The number of aromatic nitrogens is 4. The van der Waals surface area contributed by atoms with Crippen LogP contribution in [0.4, 0.5) is 4.39 Å². The molecule has 0 fully saturated rings. The highest BCUT2D eigenvalue weighted by atomic mass is 32.2. The fourth-order valence-electron chi connectivity index (χ4n) is 3.35. The van der Waals surface area contributed by atoms with Crippen LogP contribution in [0.3, 0.4) is 0 Å². The van der Waals surface area contributed by atoms with Crippen molar-refractivity contribution in [3.05, 3.63) is 90.0 Å². The number of pyridine rings is 1. The molecule has 2 aromatic heterocycles. The lowest BCUT2D eigenvalue weighted by atomic mass is 10.1. The van der Waals surface area contributed by atoms with Gasteiger partial charge < -0.3 is 0 Å². The Morgan fingerprint density at radius 2 is 1.48 bits per heavy atom. The maximum atomic E-state index is 13.5. The second kappa shape index (κ2) is 7.77. The van der Waals surface area contributed by atoms with Crippen LogP contribution in [0.5, 0.6) is 0 Å². The Kier molecular flexibility index (Phi) is 4.79. The van der Waals surface area contributed by atoms with E-state index in [1.165, 1.54) is 28.8 Å². The number of thioether (sulfide) groups is 1. The van der Waals surface area contributed by atoms with Gasteiger partial charge in [-0.25, -0.2) is 4.39 Å². The molecule has 4 aromatic rings. The van der Waals surface area contributed by atoms with Crippen LogP contribution < -0.4 is 0 Å². The molecular weight excluding hydrogens is 417 g/mol. The molecule has 0 saturated heterocycles. The van der Waals surface area contributed by atoms with Crippen molar-refractivity contribution in [2.24, 2.45) is 0 Å². The summed E-state index contributed by atoms with van der Waals surface area (Å²) < 4.78 is 15.2. The van der Waals surface area contributed by atoms with Crippen LogP contribution in [0.1, 0.15) is 20.7 Å². The van der Waals surface area contributed by atoms with Crippen molar-refractivity contribution >= 4 is 23.6 Å². The number of carbonyl (C=O) groups excluding carboxylic acids is 2. The van der Waals surface area contributed by atoms with Gasteiger partial charge in [-0.1, -0.05) is 23.9 Å². The van der Waals surface area contributed by atoms with E-state index in [9.17, 15) is 14.0 Å². The standard InChI is InChI=1S/C22H14FN5O2S/c23-15-5-7-16(8-6-15)28-19(14-9-11-24-12-10-14)25-26-22(28)31-13-27-20(29)17-3-1-2-4-18(17)21(27)30/h1-12H,13H2. The maximum absolute atomic E-state index is 13.5. The van der Waals surface area contributed by atoms with Crippen molar-refractivity contribution in [2.45, 2.75) is 5.16 Å². The largest absolute Gasteiger partial charge is 0.270 e. The van der Waals surface area contributed by atoms with Gasteiger partial charge in [-0.15, -0.1) is 10.2 Å². The second-order valence-electron chi connectivity index (χ2n) is 6.71. The summed E-state index contributed by atoms with van der Waals surface area (Å²) in [6, 6.07) is 16.3. The Balaban J connectivity index is 1.49. The Bertz CT molecular complexity index is 1260. The van der Waals surface area contributed by atoms with Crippen LogP contribution in [-0.4, -0.2) is 42.3 Å². The number of rotatable bonds is 5. The molecule has 0 unspecified atom stereocenters. The molecule has 7 nitrogen and oxygen atoms in total. The molecule has 0 bridgehead atoms. The number of hydrogen-bond donors (Lipinski definition) is 0. The summed E-state index contributed by atoms with van der Waals surface area (Å²) in [6.45, 7) is 0. The first kappa shape index (κ1) is 19.1. The SMILES string of the molecule is O=C1c2ccccc2C(=O)N1CSc1nnc(-c2ccncc2)n1-c1ccc(F)cc1. The fourth-order valence-corrected chi connectivity index (χ4v) is 4.25. The van der Waals surface area contributed by atoms with E-state index in [4.69, 9.17) is 0 Å². The van der Waals surface area contributed by atoms with Crippen LogP contribution in [0.15, 0.2) is 78.2 Å². The molecule has 3 heterocycles. The summed E-state index contributed by atoms with van der Waals surface area (Å²) in [5.74, 6) is -0.422. The molecule has 0 spiro atoms. The van der Waals surface area contributed by atoms with Crippen molar-refractivity contribution in [3.63, 3.8) is 0 Å². The molecule has 9 heteroatoms. The van der Waals surface area contributed by atoms with Crippen LogP contribution in [-0.2, 0) is 0 Å². The second-order valence-corrected chi connectivity index (χ2v) is 7.62. The summed E-state index contributed by atoms with van der Waals surface area (Å²) >= 11 is 1.20. The number of fused-ring (bicyclic) bond motifs is 1. The highest BCUT2D eigenvalue weighted by Crippen LogP contribution is 2.30. The minimum Gasteiger partial charge on any atom is -0.270 e. The van der Waals surface area contributed by atoms with E-state index in [2.05, 4.69) is 15.2 Å². The molecule has 0 saturated carbocycles. The van der Waals surface area contributed by atoms with Gasteiger partial charge in [0.1, 0.15) is 5.82 Å². The number of hydrogen-bond acceptors (Lipinski definition) is 6. The van der Waals surface area contributed by atoms with E-state index >= 15 is 0 Å².